The van der Waals surface area contributed by atoms with Crippen molar-refractivity contribution in [1.29, 1.82) is 0 Å². The highest BCUT2D eigenvalue weighted by Gasteiger charge is 2.30. The molecule has 0 saturated heterocycles. The monoisotopic (exact) mass is 1540 g/mol. The topological polar surface area (TPSA) is 237 Å². The van der Waals surface area contributed by atoms with Crippen molar-refractivity contribution in [3.8, 4) is 0 Å². The fourth-order valence-electron chi connectivity index (χ4n) is 13.4. The predicted octanol–water partition coefficient (Wildman–Crippen LogP) is 26.2. The standard InChI is InChI=1S/C86H168O17P2/c1-7-10-12-14-16-18-20-22-24-26-28-29-31-33-35-40-44-52-58-64-70-85(90)102-81(74-96-83(88)68-62-56-50-43-39-34-32-30-27-25-23-21-19-17-15-13-11-8-2)76-100-104(92,93)98-72-80(87)73-99-105(94,95)101-77-82(75-97-84(89)69-63-57-51-47-46-49-55-61-67-79(6)9-3)103-86(91)71-65-59-53-45-41-37-36-38-42-48-54-60-66-78(4)5/h78-82,87H,7-77H2,1-6H3,(H,92,93)(H,94,95)/t79?,80-,81-,82-/m1/s1. The van der Waals surface area contributed by atoms with Gasteiger partial charge in [0.1, 0.15) is 19.3 Å². The summed E-state index contributed by atoms with van der Waals surface area (Å²) in [4.78, 5) is 73.3. The highest BCUT2D eigenvalue weighted by molar-refractivity contribution is 7.47. The van der Waals surface area contributed by atoms with E-state index in [2.05, 4.69) is 41.5 Å². The summed E-state index contributed by atoms with van der Waals surface area (Å²) in [5.74, 6) is -0.548. The number of aliphatic hydroxyl groups is 1. The fourth-order valence-corrected chi connectivity index (χ4v) is 15.0. The number of carbonyl (C=O) groups is 4. The van der Waals surface area contributed by atoms with Gasteiger partial charge in [0.15, 0.2) is 12.2 Å². The Morgan fingerprint density at radius 1 is 0.276 bits per heavy atom. The maximum absolute atomic E-state index is 13.2. The maximum Gasteiger partial charge on any atom is 0.472 e. The van der Waals surface area contributed by atoms with Crippen molar-refractivity contribution >= 4 is 39.5 Å². The van der Waals surface area contributed by atoms with E-state index in [1.807, 2.05) is 0 Å². The minimum absolute atomic E-state index is 0.107. The lowest BCUT2D eigenvalue weighted by molar-refractivity contribution is -0.161. The van der Waals surface area contributed by atoms with E-state index in [4.69, 9.17) is 37.0 Å². The van der Waals surface area contributed by atoms with Gasteiger partial charge in [-0.15, -0.1) is 0 Å². The molecule has 0 aliphatic heterocycles. The molecule has 6 atom stereocenters. The highest BCUT2D eigenvalue weighted by atomic mass is 31.2. The Hall–Kier alpha value is -1.94. The second-order valence-electron chi connectivity index (χ2n) is 31.6. The van der Waals surface area contributed by atoms with Gasteiger partial charge in [-0.2, -0.15) is 0 Å². The van der Waals surface area contributed by atoms with E-state index >= 15 is 0 Å². The number of ether oxygens (including phenoxy) is 4. The molecule has 0 aromatic rings. The Morgan fingerprint density at radius 2 is 0.486 bits per heavy atom. The van der Waals surface area contributed by atoms with Gasteiger partial charge in [-0.05, 0) is 37.5 Å². The summed E-state index contributed by atoms with van der Waals surface area (Å²) in [5, 5.41) is 10.7. The molecule has 0 aromatic carbocycles. The zero-order valence-corrected chi connectivity index (χ0v) is 70.8. The number of phosphoric acid groups is 2. The predicted molar refractivity (Wildman–Crippen MR) is 432 cm³/mol. The Labute approximate surface area is 645 Å². The van der Waals surface area contributed by atoms with E-state index < -0.39 is 97.5 Å². The first-order valence-corrected chi connectivity index (χ1v) is 47.5. The van der Waals surface area contributed by atoms with Crippen molar-refractivity contribution in [2.24, 2.45) is 11.8 Å². The van der Waals surface area contributed by atoms with Gasteiger partial charge in [-0.3, -0.25) is 37.3 Å². The van der Waals surface area contributed by atoms with Crippen molar-refractivity contribution in [1.82, 2.24) is 0 Å². The molecule has 0 aliphatic carbocycles. The molecule has 0 spiro atoms. The SMILES string of the molecule is CCCCCCCCCCCCCCCCCCCCCCC(=O)O[C@H](COC(=O)CCCCCCCCCCCCCCCCCCCC)COP(=O)(O)OC[C@@H](O)COP(=O)(O)OC[C@@H](COC(=O)CCCCCCCCCCC(C)CC)OC(=O)CCCCCCCCCCCCCCC(C)C. The van der Waals surface area contributed by atoms with Gasteiger partial charge in [0.05, 0.1) is 26.4 Å². The highest BCUT2D eigenvalue weighted by Crippen LogP contribution is 2.45. The Bertz CT molecular complexity index is 2010. The van der Waals surface area contributed by atoms with E-state index in [1.54, 1.807) is 0 Å². The summed E-state index contributed by atoms with van der Waals surface area (Å²) in [5.41, 5.74) is 0. The Balaban J connectivity index is 5.26. The number of unbranched alkanes of at least 4 members (excludes halogenated alkanes) is 54. The van der Waals surface area contributed by atoms with Crippen LogP contribution >= 0.6 is 15.6 Å². The minimum Gasteiger partial charge on any atom is -0.462 e. The third-order valence-corrected chi connectivity index (χ3v) is 22.5. The molecule has 0 amide bonds. The van der Waals surface area contributed by atoms with Gasteiger partial charge in [0, 0.05) is 25.7 Å². The first-order valence-electron chi connectivity index (χ1n) is 44.5. The molecule has 105 heavy (non-hydrogen) atoms. The Morgan fingerprint density at radius 3 is 0.724 bits per heavy atom. The summed E-state index contributed by atoms with van der Waals surface area (Å²) < 4.78 is 68.9. The van der Waals surface area contributed by atoms with Gasteiger partial charge < -0.3 is 33.8 Å². The summed E-state index contributed by atoms with van der Waals surface area (Å²) >= 11 is 0. The van der Waals surface area contributed by atoms with Crippen LogP contribution in [-0.4, -0.2) is 96.7 Å². The second kappa shape index (κ2) is 77.4. The number of phosphoric ester groups is 2. The molecule has 0 saturated carbocycles. The minimum atomic E-state index is -4.97. The molecule has 19 heteroatoms. The molecule has 0 rings (SSSR count). The lowest BCUT2D eigenvalue weighted by Crippen LogP contribution is -2.30. The fraction of sp³-hybridized carbons (Fsp3) is 0.953. The van der Waals surface area contributed by atoms with Crippen LogP contribution in [0.1, 0.15) is 459 Å². The van der Waals surface area contributed by atoms with Crippen LogP contribution in [0.25, 0.3) is 0 Å². The number of rotatable bonds is 85. The van der Waals surface area contributed by atoms with E-state index in [0.29, 0.717) is 25.7 Å². The lowest BCUT2D eigenvalue weighted by atomic mass is 9.99. The van der Waals surface area contributed by atoms with E-state index in [1.165, 1.54) is 276 Å². The van der Waals surface area contributed by atoms with E-state index in [9.17, 15) is 43.2 Å². The molecular weight excluding hydrogens is 1370 g/mol. The second-order valence-corrected chi connectivity index (χ2v) is 34.6. The first kappa shape index (κ1) is 103. The van der Waals surface area contributed by atoms with E-state index in [0.717, 1.165) is 102 Å². The van der Waals surface area contributed by atoms with Crippen LogP contribution in [0.15, 0.2) is 0 Å². The number of esters is 4. The van der Waals surface area contributed by atoms with Crippen molar-refractivity contribution in [3.63, 3.8) is 0 Å². The van der Waals surface area contributed by atoms with Crippen molar-refractivity contribution in [2.75, 3.05) is 39.6 Å². The maximum atomic E-state index is 13.2. The third kappa shape index (κ3) is 78.5. The van der Waals surface area contributed by atoms with Crippen LogP contribution in [0.2, 0.25) is 0 Å². The molecule has 0 aliphatic rings. The number of carbonyl (C=O) groups excluding carboxylic acids is 4. The zero-order valence-electron chi connectivity index (χ0n) is 69.0. The van der Waals surface area contributed by atoms with Gasteiger partial charge in [-0.1, -0.05) is 408 Å². The molecule has 624 valence electrons. The van der Waals surface area contributed by atoms with Crippen LogP contribution in [0.5, 0.6) is 0 Å². The third-order valence-electron chi connectivity index (χ3n) is 20.6. The van der Waals surface area contributed by atoms with Gasteiger partial charge in [-0.25, -0.2) is 9.13 Å². The summed E-state index contributed by atoms with van der Waals surface area (Å²) in [6.07, 6.45) is 69.4. The van der Waals surface area contributed by atoms with Crippen LogP contribution in [0.3, 0.4) is 0 Å². The number of hydrogen-bond donors (Lipinski definition) is 3. The van der Waals surface area contributed by atoms with Gasteiger partial charge >= 0.3 is 39.5 Å². The van der Waals surface area contributed by atoms with E-state index in [-0.39, 0.29) is 25.7 Å². The molecule has 3 N–H and O–H groups in total. The molecular formula is C86H168O17P2. The molecule has 0 bridgehead atoms. The van der Waals surface area contributed by atoms with Gasteiger partial charge in [0.25, 0.3) is 0 Å². The summed E-state index contributed by atoms with van der Waals surface area (Å²) in [6.45, 7) is 9.68. The zero-order chi connectivity index (χ0) is 77.1. The van der Waals surface area contributed by atoms with Crippen molar-refractivity contribution in [2.45, 2.75) is 477 Å². The van der Waals surface area contributed by atoms with Gasteiger partial charge in [0.2, 0.25) is 0 Å². The molecule has 0 radical (unpaired) electrons. The molecule has 3 unspecified atom stereocenters. The smallest absolute Gasteiger partial charge is 0.462 e. The lowest BCUT2D eigenvalue weighted by Gasteiger charge is -2.21. The quantitative estimate of drug-likeness (QED) is 0.0222. The largest absolute Gasteiger partial charge is 0.472 e. The van der Waals surface area contributed by atoms with Crippen LogP contribution in [0.4, 0.5) is 0 Å². The molecule has 0 fully saturated rings. The summed E-state index contributed by atoms with van der Waals surface area (Å²) in [6, 6.07) is 0. The Kier molecular flexibility index (Phi) is 76.0. The average molecular weight is 1540 g/mol. The first-order chi connectivity index (χ1) is 50.9. The van der Waals surface area contributed by atoms with Crippen LogP contribution in [0, 0.1) is 11.8 Å². The van der Waals surface area contributed by atoms with Crippen molar-refractivity contribution in [3.05, 3.63) is 0 Å². The van der Waals surface area contributed by atoms with Crippen LogP contribution < -0.4 is 0 Å². The van der Waals surface area contributed by atoms with Crippen LogP contribution in [-0.2, 0) is 65.4 Å². The number of aliphatic hydroxyl groups excluding tert-OH is 1. The van der Waals surface area contributed by atoms with Crippen molar-refractivity contribution < 1.29 is 80.2 Å². The average Bonchev–Trinajstić information content (AvgIpc) is 0.904. The summed E-state index contributed by atoms with van der Waals surface area (Å²) in [7, 11) is -9.93. The molecule has 0 aromatic heterocycles. The normalized spacial score (nSPS) is 14.1. The molecule has 17 nitrogen and oxygen atoms in total. The molecule has 0 heterocycles. The number of hydrogen-bond acceptors (Lipinski definition) is 15.